The number of nitrogens with zero attached hydrogens (tertiary/aromatic N) is 1. The third-order valence-electron chi connectivity index (χ3n) is 5.18. The first-order chi connectivity index (χ1) is 12.0. The van der Waals surface area contributed by atoms with Gasteiger partial charge < -0.3 is 15.3 Å². The minimum Gasteiger partial charge on any atom is -0.481 e. The topological polar surface area (TPSA) is 86.7 Å². The smallest absolute Gasteiger partial charge is 0.305 e. The van der Waals surface area contributed by atoms with Crippen LogP contribution in [0.3, 0.4) is 0 Å². The molecular formula is C18H24N2O4S. The Morgan fingerprint density at radius 3 is 2.72 bits per heavy atom. The fraction of sp³-hybridized carbons (Fsp3) is 0.611. The molecule has 6 nitrogen and oxygen atoms in total. The van der Waals surface area contributed by atoms with Crippen molar-refractivity contribution in [2.45, 2.75) is 63.5 Å². The normalized spacial score (nSPS) is 18.6. The average molecular weight is 364 g/mol. The van der Waals surface area contributed by atoms with Crippen LogP contribution in [-0.2, 0) is 27.3 Å². The molecular weight excluding hydrogens is 340 g/mol. The zero-order chi connectivity index (χ0) is 17.9. The van der Waals surface area contributed by atoms with Crippen molar-refractivity contribution < 1.29 is 19.5 Å². The van der Waals surface area contributed by atoms with E-state index in [9.17, 15) is 14.4 Å². The predicted octanol–water partition coefficient (Wildman–Crippen LogP) is 2.32. The number of carbonyl (C=O) groups is 3. The van der Waals surface area contributed by atoms with E-state index in [-0.39, 0.29) is 31.1 Å². The van der Waals surface area contributed by atoms with Gasteiger partial charge in [0.15, 0.2) is 0 Å². The molecule has 1 aliphatic carbocycles. The molecule has 0 bridgehead atoms. The SMILES string of the molecule is O=C(O)CC1(NC(=O)CCC(=O)N2CCc3sccc3C2)CCCC1. The maximum absolute atomic E-state index is 12.4. The van der Waals surface area contributed by atoms with Crippen molar-refractivity contribution in [3.05, 3.63) is 21.9 Å². The van der Waals surface area contributed by atoms with Gasteiger partial charge in [-0.1, -0.05) is 12.8 Å². The van der Waals surface area contributed by atoms with Crippen molar-refractivity contribution in [2.24, 2.45) is 0 Å². The number of nitrogens with one attached hydrogen (secondary N) is 1. The lowest BCUT2D eigenvalue weighted by atomic mass is 9.93. The van der Waals surface area contributed by atoms with Crippen LogP contribution < -0.4 is 5.32 Å². The number of fused-ring (bicyclic) bond motifs is 1. The minimum atomic E-state index is -0.891. The summed E-state index contributed by atoms with van der Waals surface area (Å²) in [5.74, 6) is -1.12. The Bertz CT molecular complexity index is 664. The largest absolute Gasteiger partial charge is 0.481 e. The van der Waals surface area contributed by atoms with Crippen LogP contribution in [0, 0.1) is 0 Å². The number of thiophene rings is 1. The zero-order valence-electron chi connectivity index (χ0n) is 14.3. The van der Waals surface area contributed by atoms with Gasteiger partial charge in [-0.2, -0.15) is 0 Å². The Balaban J connectivity index is 1.48. The van der Waals surface area contributed by atoms with Crippen LogP contribution in [0.5, 0.6) is 0 Å². The number of rotatable bonds is 6. The molecule has 0 saturated heterocycles. The Kier molecular flexibility index (Phi) is 5.42. The summed E-state index contributed by atoms with van der Waals surface area (Å²) in [5, 5.41) is 14.0. The summed E-state index contributed by atoms with van der Waals surface area (Å²) < 4.78 is 0. The number of aliphatic carboxylic acids is 1. The highest BCUT2D eigenvalue weighted by atomic mass is 32.1. The highest BCUT2D eigenvalue weighted by Gasteiger charge is 2.37. The summed E-state index contributed by atoms with van der Waals surface area (Å²) in [6.07, 6.45) is 4.40. The summed E-state index contributed by atoms with van der Waals surface area (Å²) in [6.45, 7) is 1.33. The first-order valence-corrected chi connectivity index (χ1v) is 9.71. The van der Waals surface area contributed by atoms with E-state index in [2.05, 4.69) is 16.8 Å². The van der Waals surface area contributed by atoms with E-state index in [4.69, 9.17) is 5.11 Å². The lowest BCUT2D eigenvalue weighted by molar-refractivity contribution is -0.139. The molecule has 0 aromatic carbocycles. The lowest BCUT2D eigenvalue weighted by Gasteiger charge is -2.29. The molecule has 136 valence electrons. The first-order valence-electron chi connectivity index (χ1n) is 8.83. The van der Waals surface area contributed by atoms with E-state index < -0.39 is 11.5 Å². The van der Waals surface area contributed by atoms with Crippen LogP contribution >= 0.6 is 11.3 Å². The van der Waals surface area contributed by atoms with E-state index in [0.29, 0.717) is 25.9 Å². The third kappa shape index (κ3) is 4.39. The lowest BCUT2D eigenvalue weighted by Crippen LogP contribution is -2.48. The molecule has 1 aromatic rings. The zero-order valence-corrected chi connectivity index (χ0v) is 15.1. The molecule has 1 aliphatic heterocycles. The third-order valence-corrected chi connectivity index (χ3v) is 6.20. The molecule has 2 amide bonds. The second-order valence-corrected chi connectivity index (χ2v) is 8.04. The van der Waals surface area contributed by atoms with Gasteiger partial charge in [-0.25, -0.2) is 0 Å². The van der Waals surface area contributed by atoms with Crippen LogP contribution in [-0.4, -0.2) is 39.9 Å². The molecule has 0 atom stereocenters. The summed E-state index contributed by atoms with van der Waals surface area (Å²) >= 11 is 1.73. The molecule has 0 unspecified atom stereocenters. The maximum atomic E-state index is 12.4. The van der Waals surface area contributed by atoms with Crippen LogP contribution in [0.2, 0.25) is 0 Å². The second-order valence-electron chi connectivity index (χ2n) is 7.04. The van der Waals surface area contributed by atoms with Crippen molar-refractivity contribution in [3.63, 3.8) is 0 Å². The molecule has 1 aromatic heterocycles. The van der Waals surface area contributed by atoms with Crippen LogP contribution in [0.1, 0.15) is 55.4 Å². The first kappa shape index (κ1) is 17.9. The highest BCUT2D eigenvalue weighted by Crippen LogP contribution is 2.32. The monoisotopic (exact) mass is 364 g/mol. The Morgan fingerprint density at radius 2 is 2.00 bits per heavy atom. The van der Waals surface area contributed by atoms with Crippen molar-refractivity contribution in [1.29, 1.82) is 0 Å². The van der Waals surface area contributed by atoms with Gasteiger partial charge in [0.05, 0.1) is 12.0 Å². The van der Waals surface area contributed by atoms with Gasteiger partial charge >= 0.3 is 5.97 Å². The fourth-order valence-corrected chi connectivity index (χ4v) is 4.78. The minimum absolute atomic E-state index is 0.00861. The molecule has 2 N–H and O–H groups in total. The molecule has 25 heavy (non-hydrogen) atoms. The van der Waals surface area contributed by atoms with Gasteiger partial charge in [0, 0.05) is 30.8 Å². The van der Waals surface area contributed by atoms with Crippen molar-refractivity contribution in [2.75, 3.05) is 6.54 Å². The quantitative estimate of drug-likeness (QED) is 0.811. The molecule has 1 saturated carbocycles. The number of hydrogen-bond donors (Lipinski definition) is 2. The summed E-state index contributed by atoms with van der Waals surface area (Å²) in [6, 6.07) is 2.06. The molecule has 2 aliphatic rings. The van der Waals surface area contributed by atoms with Crippen LogP contribution in [0.25, 0.3) is 0 Å². The predicted molar refractivity (Wildman–Crippen MR) is 94.3 cm³/mol. The molecule has 3 rings (SSSR count). The second kappa shape index (κ2) is 7.56. The fourth-order valence-electron chi connectivity index (χ4n) is 3.89. The van der Waals surface area contributed by atoms with Gasteiger partial charge in [-0.15, -0.1) is 11.3 Å². The van der Waals surface area contributed by atoms with E-state index >= 15 is 0 Å². The highest BCUT2D eigenvalue weighted by molar-refractivity contribution is 7.10. The van der Waals surface area contributed by atoms with E-state index in [1.54, 1.807) is 11.3 Å². The van der Waals surface area contributed by atoms with Crippen molar-refractivity contribution >= 4 is 29.1 Å². The maximum Gasteiger partial charge on any atom is 0.305 e. The van der Waals surface area contributed by atoms with Gasteiger partial charge in [0.25, 0.3) is 0 Å². The molecule has 2 heterocycles. The van der Waals surface area contributed by atoms with E-state index in [1.165, 1.54) is 10.4 Å². The summed E-state index contributed by atoms with van der Waals surface area (Å²) in [5.41, 5.74) is 0.586. The Labute approximate surface area is 151 Å². The van der Waals surface area contributed by atoms with Gasteiger partial charge in [-0.05, 0) is 36.3 Å². The molecule has 0 radical (unpaired) electrons. The molecule has 7 heteroatoms. The van der Waals surface area contributed by atoms with E-state index in [1.807, 2.05) is 4.90 Å². The summed E-state index contributed by atoms with van der Waals surface area (Å²) in [7, 11) is 0. The van der Waals surface area contributed by atoms with E-state index in [0.717, 1.165) is 19.3 Å². The van der Waals surface area contributed by atoms with Gasteiger partial charge in [-0.3, -0.25) is 14.4 Å². The number of carboxylic acids is 1. The van der Waals surface area contributed by atoms with Gasteiger partial charge in [0.2, 0.25) is 11.8 Å². The number of amides is 2. The Morgan fingerprint density at radius 1 is 1.24 bits per heavy atom. The van der Waals surface area contributed by atoms with Crippen LogP contribution in [0.15, 0.2) is 11.4 Å². The van der Waals surface area contributed by atoms with Crippen molar-refractivity contribution in [3.8, 4) is 0 Å². The van der Waals surface area contributed by atoms with Crippen LogP contribution in [0.4, 0.5) is 0 Å². The molecule has 0 spiro atoms. The number of carboxylic acid groups (broad SMARTS) is 1. The number of carbonyl (C=O) groups excluding carboxylic acids is 2. The summed E-state index contributed by atoms with van der Waals surface area (Å²) in [4.78, 5) is 38.9. The number of hydrogen-bond acceptors (Lipinski definition) is 4. The Hall–Kier alpha value is -1.89. The van der Waals surface area contributed by atoms with Gasteiger partial charge in [0.1, 0.15) is 0 Å². The average Bonchev–Trinajstić information content (AvgIpc) is 3.20. The van der Waals surface area contributed by atoms with Crippen molar-refractivity contribution in [1.82, 2.24) is 10.2 Å². The molecule has 1 fully saturated rings. The standard InChI is InChI=1S/C18H24N2O4S/c21-15(19-18(11-17(23)24)7-1-2-8-18)3-4-16(22)20-9-5-14-13(12-20)6-10-25-14/h6,10H,1-5,7-9,11-12H2,(H,19,21)(H,23,24).